The lowest BCUT2D eigenvalue weighted by atomic mass is 10.1. The number of hydrogen-bond acceptors (Lipinski definition) is 3. The number of nitro groups is 1. The van der Waals surface area contributed by atoms with E-state index in [4.69, 9.17) is 0 Å². The number of rotatable bonds is 3. The van der Waals surface area contributed by atoms with Crippen molar-refractivity contribution in [2.24, 2.45) is 0 Å². The van der Waals surface area contributed by atoms with E-state index >= 15 is 0 Å². The summed E-state index contributed by atoms with van der Waals surface area (Å²) >= 11 is 0. The molecular formula is C13H7F3N2O3. The van der Waals surface area contributed by atoms with Crippen molar-refractivity contribution in [1.29, 1.82) is 0 Å². The third kappa shape index (κ3) is 2.83. The van der Waals surface area contributed by atoms with Gasteiger partial charge in [0.05, 0.1) is 10.6 Å². The van der Waals surface area contributed by atoms with Gasteiger partial charge in [-0.2, -0.15) is 0 Å². The van der Waals surface area contributed by atoms with Gasteiger partial charge in [-0.25, -0.2) is 13.2 Å². The molecule has 0 aliphatic heterocycles. The van der Waals surface area contributed by atoms with Crippen LogP contribution in [0, 0.1) is 27.6 Å². The van der Waals surface area contributed by atoms with Crippen molar-refractivity contribution >= 4 is 17.3 Å². The normalized spacial score (nSPS) is 10.2. The standard InChI is InChI=1S/C13H7F3N2O3/c14-8-5-6-9(12(16)11(8)15)17-13(19)7-3-1-2-4-10(7)18(20)21/h1-6H,(H,17,19). The van der Waals surface area contributed by atoms with Gasteiger partial charge in [0.2, 0.25) is 0 Å². The molecule has 0 aliphatic carbocycles. The number of carbonyl (C=O) groups is 1. The zero-order chi connectivity index (χ0) is 15.6. The first-order chi connectivity index (χ1) is 9.91. The summed E-state index contributed by atoms with van der Waals surface area (Å²) in [5.74, 6) is -5.74. The first-order valence-electron chi connectivity index (χ1n) is 5.60. The van der Waals surface area contributed by atoms with Crippen molar-refractivity contribution in [2.75, 3.05) is 5.32 Å². The van der Waals surface area contributed by atoms with Crippen LogP contribution in [-0.4, -0.2) is 10.8 Å². The number of nitro benzene ring substituents is 1. The molecule has 0 bridgehead atoms. The van der Waals surface area contributed by atoms with E-state index in [1.54, 1.807) is 0 Å². The SMILES string of the molecule is O=C(Nc1ccc(F)c(F)c1F)c1ccccc1[N+](=O)[O-]. The number of nitrogens with zero attached hydrogens (tertiary/aromatic N) is 1. The number of anilines is 1. The summed E-state index contributed by atoms with van der Waals surface area (Å²) in [5.41, 5.74) is -1.43. The second-order valence-electron chi connectivity index (χ2n) is 3.95. The van der Waals surface area contributed by atoms with Crippen LogP contribution in [0.25, 0.3) is 0 Å². The van der Waals surface area contributed by atoms with Gasteiger partial charge in [0.1, 0.15) is 5.56 Å². The number of benzene rings is 2. The van der Waals surface area contributed by atoms with Crippen molar-refractivity contribution in [1.82, 2.24) is 0 Å². The van der Waals surface area contributed by atoms with Crippen molar-refractivity contribution in [3.63, 3.8) is 0 Å². The summed E-state index contributed by atoms with van der Waals surface area (Å²) in [4.78, 5) is 21.9. The van der Waals surface area contributed by atoms with E-state index in [0.717, 1.165) is 18.2 Å². The predicted molar refractivity (Wildman–Crippen MR) is 67.4 cm³/mol. The molecule has 1 amide bonds. The summed E-state index contributed by atoms with van der Waals surface area (Å²) in [6.45, 7) is 0. The van der Waals surface area contributed by atoms with E-state index in [1.165, 1.54) is 12.1 Å². The van der Waals surface area contributed by atoms with Crippen LogP contribution >= 0.6 is 0 Å². The van der Waals surface area contributed by atoms with Crippen molar-refractivity contribution < 1.29 is 22.9 Å². The highest BCUT2D eigenvalue weighted by atomic mass is 19.2. The Balaban J connectivity index is 2.35. The molecule has 0 spiro atoms. The van der Waals surface area contributed by atoms with Crippen LogP contribution in [0.3, 0.4) is 0 Å². The molecule has 0 unspecified atom stereocenters. The molecular weight excluding hydrogens is 289 g/mol. The quantitative estimate of drug-likeness (QED) is 0.537. The average molecular weight is 296 g/mol. The van der Waals surface area contributed by atoms with Gasteiger partial charge in [-0.15, -0.1) is 0 Å². The van der Waals surface area contributed by atoms with Crippen LogP contribution in [0.15, 0.2) is 36.4 Å². The maximum Gasteiger partial charge on any atom is 0.282 e. The Bertz CT molecular complexity index is 735. The van der Waals surface area contributed by atoms with Crippen LogP contribution in [0.1, 0.15) is 10.4 Å². The van der Waals surface area contributed by atoms with Crippen molar-refractivity contribution in [3.05, 3.63) is 69.5 Å². The molecule has 0 fully saturated rings. The fourth-order valence-corrected chi connectivity index (χ4v) is 1.64. The van der Waals surface area contributed by atoms with E-state index in [9.17, 15) is 28.1 Å². The van der Waals surface area contributed by atoms with Crippen molar-refractivity contribution in [2.45, 2.75) is 0 Å². The van der Waals surface area contributed by atoms with Crippen LogP contribution in [0.4, 0.5) is 24.5 Å². The van der Waals surface area contributed by atoms with Crippen molar-refractivity contribution in [3.8, 4) is 0 Å². The summed E-state index contributed by atoms with van der Waals surface area (Å²) in [6.07, 6.45) is 0. The van der Waals surface area contributed by atoms with Gasteiger partial charge in [0.25, 0.3) is 11.6 Å². The number of hydrogen-bond donors (Lipinski definition) is 1. The van der Waals surface area contributed by atoms with Gasteiger partial charge in [-0.1, -0.05) is 12.1 Å². The van der Waals surface area contributed by atoms with E-state index < -0.39 is 39.7 Å². The second-order valence-corrected chi connectivity index (χ2v) is 3.95. The van der Waals surface area contributed by atoms with Crippen LogP contribution in [0.5, 0.6) is 0 Å². The molecule has 0 atom stereocenters. The van der Waals surface area contributed by atoms with Gasteiger partial charge < -0.3 is 5.32 Å². The number of halogens is 3. The van der Waals surface area contributed by atoms with E-state index in [1.807, 2.05) is 5.32 Å². The Hall–Kier alpha value is -2.90. The Labute approximate surface area is 116 Å². The number of nitrogens with one attached hydrogen (secondary N) is 1. The first-order valence-corrected chi connectivity index (χ1v) is 5.60. The molecule has 21 heavy (non-hydrogen) atoms. The molecule has 2 aromatic carbocycles. The summed E-state index contributed by atoms with van der Waals surface area (Å²) in [7, 11) is 0. The lowest BCUT2D eigenvalue weighted by Crippen LogP contribution is -2.15. The molecule has 0 radical (unpaired) electrons. The average Bonchev–Trinajstić information content (AvgIpc) is 2.47. The molecule has 0 aliphatic rings. The maximum absolute atomic E-state index is 13.4. The molecule has 108 valence electrons. The van der Waals surface area contributed by atoms with Crippen LogP contribution < -0.4 is 5.32 Å². The van der Waals surface area contributed by atoms with Gasteiger partial charge in [0.15, 0.2) is 17.5 Å². The van der Waals surface area contributed by atoms with E-state index in [0.29, 0.717) is 6.07 Å². The minimum absolute atomic E-state index is 0.327. The maximum atomic E-state index is 13.4. The Morgan fingerprint density at radius 3 is 2.38 bits per heavy atom. The summed E-state index contributed by atoms with van der Waals surface area (Å²) < 4.78 is 39.2. The minimum Gasteiger partial charge on any atom is -0.319 e. The third-order valence-electron chi connectivity index (χ3n) is 2.63. The lowest BCUT2D eigenvalue weighted by molar-refractivity contribution is -0.385. The Kier molecular flexibility index (Phi) is 3.88. The monoisotopic (exact) mass is 296 g/mol. The van der Waals surface area contributed by atoms with Gasteiger partial charge >= 0.3 is 0 Å². The highest BCUT2D eigenvalue weighted by Crippen LogP contribution is 2.23. The predicted octanol–water partition coefficient (Wildman–Crippen LogP) is 3.26. The minimum atomic E-state index is -1.74. The molecule has 0 heterocycles. The molecule has 0 saturated carbocycles. The Morgan fingerprint density at radius 1 is 1.05 bits per heavy atom. The fraction of sp³-hybridized carbons (Fsp3) is 0. The van der Waals surface area contributed by atoms with E-state index in [-0.39, 0.29) is 5.56 Å². The molecule has 5 nitrogen and oxygen atoms in total. The zero-order valence-electron chi connectivity index (χ0n) is 10.3. The summed E-state index contributed by atoms with van der Waals surface area (Å²) in [5, 5.41) is 12.8. The molecule has 1 N–H and O–H groups in total. The fourth-order valence-electron chi connectivity index (χ4n) is 1.64. The molecule has 2 rings (SSSR count). The smallest absolute Gasteiger partial charge is 0.282 e. The van der Waals surface area contributed by atoms with Crippen LogP contribution in [-0.2, 0) is 0 Å². The first kappa shape index (κ1) is 14.5. The topological polar surface area (TPSA) is 72.2 Å². The van der Waals surface area contributed by atoms with Gasteiger partial charge in [-0.05, 0) is 18.2 Å². The molecule has 8 heteroatoms. The second kappa shape index (κ2) is 5.61. The number of para-hydroxylation sites is 1. The van der Waals surface area contributed by atoms with Crippen LogP contribution in [0.2, 0.25) is 0 Å². The lowest BCUT2D eigenvalue weighted by Gasteiger charge is -2.07. The molecule has 0 saturated heterocycles. The largest absolute Gasteiger partial charge is 0.319 e. The third-order valence-corrected chi connectivity index (χ3v) is 2.63. The van der Waals surface area contributed by atoms with Gasteiger partial charge in [0, 0.05) is 6.07 Å². The number of amides is 1. The van der Waals surface area contributed by atoms with E-state index in [2.05, 4.69) is 0 Å². The highest BCUT2D eigenvalue weighted by Gasteiger charge is 2.21. The summed E-state index contributed by atoms with van der Waals surface area (Å²) in [6, 6.07) is 6.44. The highest BCUT2D eigenvalue weighted by molar-refractivity contribution is 6.07. The van der Waals surface area contributed by atoms with Gasteiger partial charge in [-0.3, -0.25) is 14.9 Å². The zero-order valence-corrected chi connectivity index (χ0v) is 10.3. The number of carbonyl (C=O) groups excluding carboxylic acids is 1. The molecule has 2 aromatic rings. The Morgan fingerprint density at radius 2 is 1.71 bits per heavy atom. The molecule has 0 aromatic heterocycles.